The monoisotopic (exact) mass is 271 g/mol. The highest BCUT2D eigenvalue weighted by atomic mass is 16.5. The lowest BCUT2D eigenvalue weighted by molar-refractivity contribution is -0.138. The maximum atomic E-state index is 12.6. The van der Waals surface area contributed by atoms with Gasteiger partial charge in [0.1, 0.15) is 0 Å². The number of carbonyl (C=O) groups is 1. The van der Waals surface area contributed by atoms with Crippen LogP contribution < -0.4 is 0 Å². The first-order chi connectivity index (χ1) is 9.65. The molecule has 3 heteroatoms. The SMILES string of the molecule is CO[C@@H]1C(C)=C(C)C(=O)N1[C@@H]1CCCc2ccccc21. The van der Waals surface area contributed by atoms with Gasteiger partial charge in [-0.25, -0.2) is 0 Å². The summed E-state index contributed by atoms with van der Waals surface area (Å²) < 4.78 is 5.59. The lowest BCUT2D eigenvalue weighted by Crippen LogP contribution is -2.41. The van der Waals surface area contributed by atoms with Crippen LogP contribution in [0.4, 0.5) is 0 Å². The van der Waals surface area contributed by atoms with E-state index in [0.29, 0.717) is 0 Å². The maximum Gasteiger partial charge on any atom is 0.252 e. The molecule has 1 heterocycles. The first-order valence-corrected chi connectivity index (χ1v) is 7.25. The number of methoxy groups -OCH3 is 1. The molecule has 0 radical (unpaired) electrons. The summed E-state index contributed by atoms with van der Waals surface area (Å²) in [6.07, 6.45) is 3.04. The molecule has 0 saturated heterocycles. The van der Waals surface area contributed by atoms with Crippen LogP contribution in [0.3, 0.4) is 0 Å². The molecule has 20 heavy (non-hydrogen) atoms. The van der Waals surface area contributed by atoms with Crippen molar-refractivity contribution >= 4 is 5.91 Å². The van der Waals surface area contributed by atoms with E-state index in [4.69, 9.17) is 4.74 Å². The molecule has 1 aromatic carbocycles. The van der Waals surface area contributed by atoms with Crippen molar-refractivity contribution in [2.24, 2.45) is 0 Å². The van der Waals surface area contributed by atoms with E-state index in [9.17, 15) is 4.79 Å². The Labute approximate surface area is 120 Å². The van der Waals surface area contributed by atoms with E-state index in [1.54, 1.807) is 7.11 Å². The molecule has 106 valence electrons. The minimum atomic E-state index is -0.210. The van der Waals surface area contributed by atoms with Crippen LogP contribution in [0.25, 0.3) is 0 Å². The van der Waals surface area contributed by atoms with Crippen molar-refractivity contribution in [3.05, 3.63) is 46.5 Å². The molecule has 2 aliphatic rings. The van der Waals surface area contributed by atoms with E-state index in [1.807, 2.05) is 18.7 Å². The number of aryl methyl sites for hydroxylation is 1. The predicted molar refractivity (Wildman–Crippen MR) is 78.1 cm³/mol. The first-order valence-electron chi connectivity index (χ1n) is 7.25. The molecule has 1 amide bonds. The van der Waals surface area contributed by atoms with Gasteiger partial charge >= 0.3 is 0 Å². The standard InChI is InChI=1S/C17H21NO2/c1-11-12(2)17(20-3)18(16(11)19)15-10-6-8-13-7-4-5-9-14(13)15/h4-5,7,9,15,17H,6,8,10H2,1-3H3/t15-,17-/m1/s1. The summed E-state index contributed by atoms with van der Waals surface area (Å²) in [6, 6.07) is 8.62. The summed E-state index contributed by atoms with van der Waals surface area (Å²) in [5.41, 5.74) is 4.53. The molecule has 0 unspecified atom stereocenters. The molecule has 0 N–H and O–H groups in total. The molecule has 0 aromatic heterocycles. The minimum Gasteiger partial charge on any atom is -0.357 e. The third kappa shape index (κ3) is 1.88. The fraction of sp³-hybridized carbons (Fsp3) is 0.471. The highest BCUT2D eigenvalue weighted by Crippen LogP contribution is 2.40. The van der Waals surface area contributed by atoms with Crippen molar-refractivity contribution in [1.82, 2.24) is 4.90 Å². The highest BCUT2D eigenvalue weighted by molar-refractivity contribution is 5.97. The normalized spacial score (nSPS) is 26.1. The van der Waals surface area contributed by atoms with Crippen LogP contribution in [0.1, 0.15) is 43.9 Å². The molecular weight excluding hydrogens is 250 g/mol. The molecule has 2 atom stereocenters. The molecular formula is C17H21NO2. The Morgan fingerprint density at radius 1 is 1.25 bits per heavy atom. The zero-order valence-electron chi connectivity index (χ0n) is 12.3. The van der Waals surface area contributed by atoms with E-state index < -0.39 is 0 Å². The fourth-order valence-electron chi connectivity index (χ4n) is 3.48. The van der Waals surface area contributed by atoms with Crippen LogP contribution in [-0.4, -0.2) is 24.1 Å². The lowest BCUT2D eigenvalue weighted by atomic mass is 9.86. The molecule has 3 nitrogen and oxygen atoms in total. The molecule has 1 aliphatic carbocycles. The lowest BCUT2D eigenvalue weighted by Gasteiger charge is -2.37. The summed E-state index contributed by atoms with van der Waals surface area (Å²) in [7, 11) is 1.68. The van der Waals surface area contributed by atoms with Gasteiger partial charge < -0.3 is 9.64 Å². The van der Waals surface area contributed by atoms with Crippen LogP contribution in [-0.2, 0) is 16.0 Å². The van der Waals surface area contributed by atoms with Gasteiger partial charge in [0.25, 0.3) is 5.91 Å². The van der Waals surface area contributed by atoms with Crippen molar-refractivity contribution in [3.63, 3.8) is 0 Å². The highest BCUT2D eigenvalue weighted by Gasteiger charge is 2.41. The Balaban J connectivity index is 2.01. The average Bonchev–Trinajstić information content (AvgIpc) is 2.70. The molecule has 3 rings (SSSR count). The van der Waals surface area contributed by atoms with Crippen molar-refractivity contribution in [1.29, 1.82) is 0 Å². The number of carbonyl (C=O) groups excluding carboxylic acids is 1. The third-order valence-corrected chi connectivity index (χ3v) is 4.67. The van der Waals surface area contributed by atoms with Gasteiger partial charge in [0.2, 0.25) is 0 Å². The molecule has 0 spiro atoms. The molecule has 0 bridgehead atoms. The molecule has 0 fully saturated rings. The fourth-order valence-corrected chi connectivity index (χ4v) is 3.48. The van der Waals surface area contributed by atoms with Crippen LogP contribution in [0.5, 0.6) is 0 Å². The smallest absolute Gasteiger partial charge is 0.252 e. The number of rotatable bonds is 2. The summed E-state index contributed by atoms with van der Waals surface area (Å²) in [5.74, 6) is 0.121. The second-order valence-electron chi connectivity index (χ2n) is 5.72. The zero-order valence-corrected chi connectivity index (χ0v) is 12.3. The number of hydrogen-bond acceptors (Lipinski definition) is 2. The number of fused-ring (bicyclic) bond motifs is 1. The van der Waals surface area contributed by atoms with E-state index in [1.165, 1.54) is 11.1 Å². The largest absolute Gasteiger partial charge is 0.357 e. The summed E-state index contributed by atoms with van der Waals surface area (Å²) in [5, 5.41) is 0. The maximum absolute atomic E-state index is 12.6. The Hall–Kier alpha value is -1.61. The van der Waals surface area contributed by atoms with Gasteiger partial charge in [-0.2, -0.15) is 0 Å². The summed E-state index contributed by atoms with van der Waals surface area (Å²) in [6.45, 7) is 3.90. The number of hydrogen-bond donors (Lipinski definition) is 0. The second-order valence-corrected chi connectivity index (χ2v) is 5.72. The summed E-state index contributed by atoms with van der Waals surface area (Å²) in [4.78, 5) is 14.5. The Morgan fingerprint density at radius 3 is 2.75 bits per heavy atom. The van der Waals surface area contributed by atoms with Gasteiger partial charge in [0.05, 0.1) is 6.04 Å². The topological polar surface area (TPSA) is 29.5 Å². The van der Waals surface area contributed by atoms with E-state index in [-0.39, 0.29) is 18.2 Å². The van der Waals surface area contributed by atoms with Crippen LogP contribution in [0.15, 0.2) is 35.4 Å². The van der Waals surface area contributed by atoms with Gasteiger partial charge in [0, 0.05) is 12.7 Å². The van der Waals surface area contributed by atoms with Crippen molar-refractivity contribution in [2.45, 2.75) is 45.4 Å². The van der Waals surface area contributed by atoms with Gasteiger partial charge in [-0.1, -0.05) is 24.3 Å². The second kappa shape index (κ2) is 5.06. The van der Waals surface area contributed by atoms with E-state index >= 15 is 0 Å². The van der Waals surface area contributed by atoms with Gasteiger partial charge in [0.15, 0.2) is 6.23 Å². The Kier molecular flexibility index (Phi) is 3.38. The molecule has 0 saturated carbocycles. The van der Waals surface area contributed by atoms with Crippen molar-refractivity contribution in [2.75, 3.05) is 7.11 Å². The summed E-state index contributed by atoms with van der Waals surface area (Å²) >= 11 is 0. The van der Waals surface area contributed by atoms with Crippen molar-refractivity contribution in [3.8, 4) is 0 Å². The number of amides is 1. The first kappa shape index (κ1) is 13.4. The quantitative estimate of drug-likeness (QED) is 0.826. The van der Waals surface area contributed by atoms with Crippen LogP contribution in [0, 0.1) is 0 Å². The Bertz CT molecular complexity index is 576. The number of benzene rings is 1. The van der Waals surface area contributed by atoms with Gasteiger partial charge in [-0.3, -0.25) is 4.79 Å². The number of ether oxygens (including phenoxy) is 1. The van der Waals surface area contributed by atoms with E-state index in [2.05, 4.69) is 24.3 Å². The van der Waals surface area contributed by atoms with Crippen LogP contribution in [0.2, 0.25) is 0 Å². The average molecular weight is 271 g/mol. The third-order valence-electron chi connectivity index (χ3n) is 4.67. The predicted octanol–water partition coefficient (Wildman–Crippen LogP) is 3.22. The van der Waals surface area contributed by atoms with Crippen molar-refractivity contribution < 1.29 is 9.53 Å². The van der Waals surface area contributed by atoms with Gasteiger partial charge in [-0.05, 0) is 49.8 Å². The molecule has 1 aliphatic heterocycles. The van der Waals surface area contributed by atoms with Crippen LogP contribution >= 0.6 is 0 Å². The Morgan fingerprint density at radius 2 is 2.00 bits per heavy atom. The molecule has 1 aromatic rings. The number of nitrogens with zero attached hydrogens (tertiary/aromatic N) is 1. The van der Waals surface area contributed by atoms with E-state index in [0.717, 1.165) is 30.4 Å². The van der Waals surface area contributed by atoms with Gasteiger partial charge in [-0.15, -0.1) is 0 Å². The zero-order chi connectivity index (χ0) is 14.3. The minimum absolute atomic E-state index is 0.121.